The molecule has 0 aliphatic carbocycles. The Bertz CT molecular complexity index is 783. The van der Waals surface area contributed by atoms with Crippen LogP contribution >= 0.6 is 0 Å². The van der Waals surface area contributed by atoms with Gasteiger partial charge in [-0.2, -0.15) is 0 Å². The van der Waals surface area contributed by atoms with Crippen molar-refractivity contribution in [3.05, 3.63) is 66.1 Å². The molecule has 0 saturated carbocycles. The third-order valence-electron chi connectivity index (χ3n) is 4.35. The predicted molar refractivity (Wildman–Crippen MR) is 95.2 cm³/mol. The van der Waals surface area contributed by atoms with Crippen LogP contribution in [0.15, 0.2) is 59.2 Å². The summed E-state index contributed by atoms with van der Waals surface area (Å²) in [5.74, 6) is 1.61. The van der Waals surface area contributed by atoms with Gasteiger partial charge in [0.15, 0.2) is 0 Å². The predicted octanol–water partition coefficient (Wildman–Crippen LogP) is 4.22. The maximum absolute atomic E-state index is 9.68. The summed E-state index contributed by atoms with van der Waals surface area (Å²) in [5, 5.41) is 15.5. The van der Waals surface area contributed by atoms with Crippen molar-refractivity contribution in [2.75, 3.05) is 13.7 Å². The second kappa shape index (κ2) is 7.51. The molecule has 2 atom stereocenters. The number of aliphatic hydroxyl groups excluding tert-OH is 1. The normalized spacial score (nSPS) is 13.8. The van der Waals surface area contributed by atoms with Crippen molar-refractivity contribution in [2.45, 2.75) is 25.4 Å². The average Bonchev–Trinajstić information content (AvgIpc) is 3.16. The second-order valence-electron chi connectivity index (χ2n) is 5.85. The molecule has 1 aromatic heterocycles. The Balaban J connectivity index is 1.86. The SMILES string of the molecule is CCC(NC(CO)c1ccco1)c1ccc2cc(OC)ccc2c1. The highest BCUT2D eigenvalue weighted by molar-refractivity contribution is 5.84. The van der Waals surface area contributed by atoms with Crippen molar-refractivity contribution in [1.82, 2.24) is 5.32 Å². The summed E-state index contributed by atoms with van der Waals surface area (Å²) in [6.07, 6.45) is 2.54. The van der Waals surface area contributed by atoms with Gasteiger partial charge in [0.2, 0.25) is 0 Å². The summed E-state index contributed by atoms with van der Waals surface area (Å²) in [4.78, 5) is 0. The van der Waals surface area contributed by atoms with Gasteiger partial charge < -0.3 is 14.3 Å². The van der Waals surface area contributed by atoms with Crippen LogP contribution in [0.1, 0.15) is 36.8 Å². The maximum atomic E-state index is 9.68. The van der Waals surface area contributed by atoms with E-state index in [1.54, 1.807) is 13.4 Å². The van der Waals surface area contributed by atoms with Crippen LogP contribution in [0.5, 0.6) is 5.75 Å². The van der Waals surface area contributed by atoms with Crippen LogP contribution in [0.25, 0.3) is 10.8 Å². The molecule has 4 heteroatoms. The Kier molecular flexibility index (Phi) is 5.18. The zero-order valence-electron chi connectivity index (χ0n) is 14.0. The van der Waals surface area contributed by atoms with Gasteiger partial charge in [0.05, 0.1) is 26.0 Å². The molecule has 0 aliphatic rings. The number of benzene rings is 2. The number of fused-ring (bicyclic) bond motifs is 1. The lowest BCUT2D eigenvalue weighted by atomic mass is 9.99. The van der Waals surface area contributed by atoms with Crippen LogP contribution in [0.4, 0.5) is 0 Å². The second-order valence-corrected chi connectivity index (χ2v) is 5.85. The van der Waals surface area contributed by atoms with Crippen molar-refractivity contribution in [1.29, 1.82) is 0 Å². The van der Waals surface area contributed by atoms with Crippen molar-refractivity contribution in [3.8, 4) is 5.75 Å². The van der Waals surface area contributed by atoms with Gasteiger partial charge in [-0.1, -0.05) is 25.1 Å². The lowest BCUT2D eigenvalue weighted by Gasteiger charge is -2.23. The first kappa shape index (κ1) is 16.6. The monoisotopic (exact) mass is 325 g/mol. The van der Waals surface area contributed by atoms with Crippen molar-refractivity contribution in [3.63, 3.8) is 0 Å². The Labute approximate surface area is 142 Å². The molecule has 2 aromatic carbocycles. The molecule has 4 nitrogen and oxygen atoms in total. The topological polar surface area (TPSA) is 54.6 Å². The summed E-state index contributed by atoms with van der Waals surface area (Å²) in [7, 11) is 1.68. The lowest BCUT2D eigenvalue weighted by molar-refractivity contribution is 0.213. The molecular weight excluding hydrogens is 302 g/mol. The smallest absolute Gasteiger partial charge is 0.123 e. The van der Waals surface area contributed by atoms with Gasteiger partial charge >= 0.3 is 0 Å². The summed E-state index contributed by atoms with van der Waals surface area (Å²) in [6, 6.07) is 16.1. The first-order chi connectivity index (χ1) is 11.7. The van der Waals surface area contributed by atoms with Crippen LogP contribution < -0.4 is 10.1 Å². The highest BCUT2D eigenvalue weighted by Crippen LogP contribution is 2.27. The molecule has 24 heavy (non-hydrogen) atoms. The van der Waals surface area contributed by atoms with E-state index in [9.17, 15) is 5.11 Å². The molecule has 0 saturated heterocycles. The molecule has 2 unspecified atom stereocenters. The zero-order valence-corrected chi connectivity index (χ0v) is 14.0. The molecule has 3 rings (SSSR count). The van der Waals surface area contributed by atoms with Crippen LogP contribution in [0, 0.1) is 0 Å². The highest BCUT2D eigenvalue weighted by atomic mass is 16.5. The minimum atomic E-state index is -0.212. The quantitative estimate of drug-likeness (QED) is 0.683. The molecule has 0 aliphatic heterocycles. The van der Waals surface area contributed by atoms with Gasteiger partial charge in [-0.05, 0) is 53.1 Å². The number of methoxy groups -OCH3 is 1. The lowest BCUT2D eigenvalue weighted by Crippen LogP contribution is -2.28. The van der Waals surface area contributed by atoms with E-state index in [1.165, 1.54) is 10.9 Å². The van der Waals surface area contributed by atoms with E-state index in [-0.39, 0.29) is 18.7 Å². The summed E-state index contributed by atoms with van der Waals surface area (Å²) in [5.41, 5.74) is 1.19. The Morgan fingerprint density at radius 1 is 1.08 bits per heavy atom. The third kappa shape index (κ3) is 3.45. The number of hydrogen-bond acceptors (Lipinski definition) is 4. The van der Waals surface area contributed by atoms with Crippen molar-refractivity contribution < 1.29 is 14.3 Å². The van der Waals surface area contributed by atoms with Gasteiger partial charge in [-0.3, -0.25) is 5.32 Å². The van der Waals surface area contributed by atoms with Gasteiger partial charge in [0, 0.05) is 6.04 Å². The highest BCUT2D eigenvalue weighted by Gasteiger charge is 2.19. The first-order valence-corrected chi connectivity index (χ1v) is 8.23. The number of ether oxygens (including phenoxy) is 1. The van der Waals surface area contributed by atoms with Crippen LogP contribution in [0.3, 0.4) is 0 Å². The third-order valence-corrected chi connectivity index (χ3v) is 4.35. The molecule has 0 radical (unpaired) electrons. The van der Waals surface area contributed by atoms with Gasteiger partial charge in [0.1, 0.15) is 11.5 Å². The Morgan fingerprint density at radius 2 is 1.88 bits per heavy atom. The molecule has 126 valence electrons. The molecule has 0 amide bonds. The standard InChI is InChI=1S/C20H23NO3/c1-3-18(21-19(13-22)20-5-4-10-24-20)16-7-6-15-12-17(23-2)9-8-14(15)11-16/h4-12,18-19,21-22H,3,13H2,1-2H3. The number of furan rings is 1. The van der Waals surface area contributed by atoms with Gasteiger partial charge in [0.25, 0.3) is 0 Å². The van der Waals surface area contributed by atoms with Crippen LogP contribution in [0.2, 0.25) is 0 Å². The minimum absolute atomic E-state index is 0.00517. The van der Waals surface area contributed by atoms with E-state index in [2.05, 4.69) is 36.5 Å². The fourth-order valence-electron chi connectivity index (χ4n) is 2.99. The van der Waals surface area contributed by atoms with Crippen molar-refractivity contribution >= 4 is 10.8 Å². The number of rotatable bonds is 7. The van der Waals surface area contributed by atoms with E-state index < -0.39 is 0 Å². The number of hydrogen-bond donors (Lipinski definition) is 2. The van der Waals surface area contributed by atoms with Gasteiger partial charge in [-0.25, -0.2) is 0 Å². The number of nitrogens with one attached hydrogen (secondary N) is 1. The largest absolute Gasteiger partial charge is 0.497 e. The molecule has 1 heterocycles. The average molecular weight is 325 g/mol. The zero-order chi connectivity index (χ0) is 16.9. The van der Waals surface area contributed by atoms with E-state index in [0.717, 1.165) is 23.3 Å². The summed E-state index contributed by atoms with van der Waals surface area (Å²) >= 11 is 0. The Hall–Kier alpha value is -2.30. The first-order valence-electron chi connectivity index (χ1n) is 8.23. The fraction of sp³-hybridized carbons (Fsp3) is 0.300. The molecule has 0 spiro atoms. The Morgan fingerprint density at radius 3 is 2.54 bits per heavy atom. The summed E-state index contributed by atoms with van der Waals surface area (Å²) in [6.45, 7) is 2.13. The minimum Gasteiger partial charge on any atom is -0.497 e. The van der Waals surface area contributed by atoms with Crippen LogP contribution in [-0.4, -0.2) is 18.8 Å². The number of aliphatic hydroxyl groups is 1. The molecule has 3 aromatic rings. The van der Waals surface area contributed by atoms with E-state index in [4.69, 9.17) is 9.15 Å². The maximum Gasteiger partial charge on any atom is 0.123 e. The summed E-state index contributed by atoms with van der Waals surface area (Å²) < 4.78 is 10.7. The fourth-order valence-corrected chi connectivity index (χ4v) is 2.99. The van der Waals surface area contributed by atoms with Crippen LogP contribution in [-0.2, 0) is 0 Å². The van der Waals surface area contributed by atoms with E-state index >= 15 is 0 Å². The van der Waals surface area contributed by atoms with E-state index in [1.807, 2.05) is 24.3 Å². The van der Waals surface area contributed by atoms with E-state index in [0.29, 0.717) is 0 Å². The van der Waals surface area contributed by atoms with Gasteiger partial charge in [-0.15, -0.1) is 0 Å². The van der Waals surface area contributed by atoms with Crippen molar-refractivity contribution in [2.24, 2.45) is 0 Å². The molecule has 0 fully saturated rings. The molecule has 2 N–H and O–H groups in total. The molecular formula is C20H23NO3. The molecule has 0 bridgehead atoms.